The van der Waals surface area contributed by atoms with E-state index in [4.69, 9.17) is 4.74 Å². The van der Waals surface area contributed by atoms with Gasteiger partial charge in [-0.05, 0) is 12.8 Å². The number of aliphatic carboxylic acids is 3. The van der Waals surface area contributed by atoms with E-state index in [2.05, 4.69) is 10.6 Å². The fourth-order valence-electron chi connectivity index (χ4n) is 4.39. The zero-order valence-corrected chi connectivity index (χ0v) is 26.0. The van der Waals surface area contributed by atoms with Gasteiger partial charge in [-0.25, -0.2) is 0 Å². The molecule has 0 spiro atoms. The van der Waals surface area contributed by atoms with Crippen molar-refractivity contribution in [3.63, 3.8) is 0 Å². The molecule has 18 nitrogen and oxygen atoms in total. The molecule has 8 N–H and O–H groups in total. The number of hydrogen-bond donors (Lipinski definition) is 8. The highest BCUT2D eigenvalue weighted by Gasteiger charge is 2.29. The van der Waals surface area contributed by atoms with Crippen molar-refractivity contribution in [3.05, 3.63) is 0 Å². The van der Waals surface area contributed by atoms with Gasteiger partial charge in [0.05, 0.1) is 42.8 Å². The molecule has 256 valence electrons. The predicted octanol–water partition coefficient (Wildman–Crippen LogP) is -1.90. The fourth-order valence-corrected chi connectivity index (χ4v) is 5.07. The van der Waals surface area contributed by atoms with E-state index in [9.17, 15) is 53.0 Å². The maximum absolute atomic E-state index is 13.0. The maximum Gasteiger partial charge on any atom is 0.317 e. The minimum absolute atomic E-state index is 0.171. The van der Waals surface area contributed by atoms with Crippen LogP contribution in [0, 0.1) is 0 Å². The normalized spacial score (nSPS) is 18.0. The van der Waals surface area contributed by atoms with Gasteiger partial charge in [0.25, 0.3) is 0 Å². The summed E-state index contributed by atoms with van der Waals surface area (Å²) in [6.07, 6.45) is 1.32. The number of hydrogen-bond acceptors (Lipinski definition) is 13. The minimum atomic E-state index is -4.15. The van der Waals surface area contributed by atoms with Crippen LogP contribution in [0.25, 0.3) is 0 Å². The number of nitrogens with one attached hydrogen (secondary N) is 2. The molecule has 0 aromatic heterocycles. The maximum atomic E-state index is 13.0. The van der Waals surface area contributed by atoms with Crippen molar-refractivity contribution in [3.8, 4) is 0 Å². The lowest BCUT2D eigenvalue weighted by Crippen LogP contribution is -2.53. The summed E-state index contributed by atoms with van der Waals surface area (Å²) in [5.74, 6) is -5.50. The number of nitrogens with zero attached hydrogens (tertiary/aromatic N) is 4. The molecule has 1 aliphatic rings. The molecule has 44 heavy (non-hydrogen) atoms. The van der Waals surface area contributed by atoms with E-state index in [-0.39, 0.29) is 85.1 Å². The third kappa shape index (κ3) is 19.6. The van der Waals surface area contributed by atoms with Crippen molar-refractivity contribution in [2.24, 2.45) is 0 Å². The number of carboxylic acids is 3. The summed E-state index contributed by atoms with van der Waals surface area (Å²) in [4.78, 5) is 66.4. The van der Waals surface area contributed by atoms with E-state index < -0.39 is 52.4 Å². The van der Waals surface area contributed by atoms with Crippen molar-refractivity contribution in [1.82, 2.24) is 30.2 Å². The summed E-state index contributed by atoms with van der Waals surface area (Å²) < 4.78 is 34.1. The zero-order valence-electron chi connectivity index (χ0n) is 25.1. The van der Waals surface area contributed by atoms with Crippen LogP contribution in [0.3, 0.4) is 0 Å². The Morgan fingerprint density at radius 1 is 0.705 bits per heavy atom. The van der Waals surface area contributed by atoms with Crippen molar-refractivity contribution < 1.29 is 57.7 Å². The van der Waals surface area contributed by atoms with E-state index in [1.807, 2.05) is 6.92 Å². The van der Waals surface area contributed by atoms with E-state index >= 15 is 0 Å². The Balaban J connectivity index is 2.99. The highest BCUT2D eigenvalue weighted by atomic mass is 32.3. The highest BCUT2D eigenvalue weighted by molar-refractivity contribution is 8.19. The van der Waals surface area contributed by atoms with Crippen LogP contribution in [0.4, 0.5) is 0 Å². The van der Waals surface area contributed by atoms with Crippen LogP contribution in [-0.4, -0.2) is 188 Å². The van der Waals surface area contributed by atoms with Crippen molar-refractivity contribution >= 4 is 40.6 Å². The second kappa shape index (κ2) is 21.2. The average molecular weight is 657 g/mol. The Kier molecular flexibility index (Phi) is 19.0. The van der Waals surface area contributed by atoms with E-state index in [0.717, 1.165) is 6.42 Å². The van der Waals surface area contributed by atoms with Crippen LogP contribution in [0.5, 0.6) is 0 Å². The highest BCUT2D eigenvalue weighted by Crippen LogP contribution is 2.33. The van der Waals surface area contributed by atoms with Gasteiger partial charge in [0.1, 0.15) is 6.04 Å². The van der Waals surface area contributed by atoms with Gasteiger partial charge in [0.15, 0.2) is 0 Å². The van der Waals surface area contributed by atoms with Crippen molar-refractivity contribution in [2.45, 2.75) is 25.8 Å². The fraction of sp³-hybridized carbons (Fsp3) is 0.800. The molecule has 0 radical (unpaired) electrons. The average Bonchev–Trinajstić information content (AvgIpc) is 2.90. The third-order valence-electron chi connectivity index (χ3n) is 6.53. The predicted molar refractivity (Wildman–Crippen MR) is 160 cm³/mol. The number of amides is 2. The number of rotatable bonds is 18. The second-order valence-corrected chi connectivity index (χ2v) is 12.1. The molecule has 2 amide bonds. The molecule has 1 aliphatic heterocycles. The standard InChI is InChI=1S/C25H48N6O12S/c1-2-13-43-14-3-4-26-25(39)20(19-44(40,41)42)27-21(32)15-28-5-7-29(16-22(33)34)9-11-31(18-24(37)38)12-10-30(8-6-28)17-23(35)36/h20,40-42H,2-19H2,1H3,(H,26,39)(H,27,32)(H,33,34)(H,35,36)(H,37,38)/t20-/m1/s1. The molecule has 19 heteroatoms. The molecule has 1 saturated heterocycles. The number of carbonyl (C=O) groups is 5. The van der Waals surface area contributed by atoms with Gasteiger partial charge in [-0.2, -0.15) is 0 Å². The van der Waals surface area contributed by atoms with Gasteiger partial charge in [-0.15, -0.1) is 0 Å². The van der Waals surface area contributed by atoms with E-state index in [0.29, 0.717) is 19.6 Å². The van der Waals surface area contributed by atoms with Gasteiger partial charge in [-0.3, -0.25) is 43.6 Å². The molecular weight excluding hydrogens is 608 g/mol. The lowest BCUT2D eigenvalue weighted by molar-refractivity contribution is -0.140. The van der Waals surface area contributed by atoms with Crippen molar-refractivity contribution in [1.29, 1.82) is 0 Å². The largest absolute Gasteiger partial charge is 0.480 e. The summed E-state index contributed by atoms with van der Waals surface area (Å²) in [5.41, 5.74) is 0. The molecule has 1 atom stereocenters. The van der Waals surface area contributed by atoms with E-state index in [1.54, 1.807) is 19.6 Å². The third-order valence-corrected chi connectivity index (χ3v) is 7.31. The SMILES string of the molecule is CCCOCCCNC(=O)[C@@H](CS(O)(O)O)NC(=O)CN1CCN(CC(=O)O)CCN(CC(=O)O)CCN(CC(=O)O)CC1. The Morgan fingerprint density at radius 2 is 1.11 bits per heavy atom. The van der Waals surface area contributed by atoms with Gasteiger partial charge >= 0.3 is 17.9 Å². The lowest BCUT2D eigenvalue weighted by atomic mass is 10.2. The van der Waals surface area contributed by atoms with Crippen molar-refractivity contribution in [2.75, 3.05) is 104 Å². The molecule has 0 aromatic carbocycles. The van der Waals surface area contributed by atoms with Gasteiger partial charge in [-0.1, -0.05) is 6.92 Å². The molecule has 0 aliphatic carbocycles. The summed E-state index contributed by atoms with van der Waals surface area (Å²) in [6.45, 7) is 3.41. The van der Waals surface area contributed by atoms with Gasteiger partial charge in [0.2, 0.25) is 11.8 Å². The van der Waals surface area contributed by atoms with Crippen LogP contribution < -0.4 is 10.6 Å². The monoisotopic (exact) mass is 656 g/mol. The zero-order chi connectivity index (χ0) is 33.1. The molecule has 0 aromatic rings. The number of carbonyl (C=O) groups excluding carboxylic acids is 2. The molecule has 1 heterocycles. The lowest BCUT2D eigenvalue weighted by Gasteiger charge is -2.33. The van der Waals surface area contributed by atoms with Crippen LogP contribution in [-0.2, 0) is 28.7 Å². The molecule has 0 unspecified atom stereocenters. The first-order chi connectivity index (χ1) is 20.7. The van der Waals surface area contributed by atoms with Crippen LogP contribution in [0.1, 0.15) is 19.8 Å². The first-order valence-electron chi connectivity index (χ1n) is 14.4. The number of ether oxygens (including phenoxy) is 1. The molecule has 1 rings (SSSR count). The van der Waals surface area contributed by atoms with Crippen LogP contribution in [0.2, 0.25) is 0 Å². The Bertz CT molecular complexity index is 893. The molecular formula is C25H48N6O12S. The summed E-state index contributed by atoms with van der Waals surface area (Å²) in [7, 11) is -4.15. The van der Waals surface area contributed by atoms with Gasteiger partial charge in [0, 0.05) is 72.1 Å². The summed E-state index contributed by atoms with van der Waals surface area (Å²) >= 11 is 0. The smallest absolute Gasteiger partial charge is 0.317 e. The number of carboxylic acid groups (broad SMARTS) is 3. The van der Waals surface area contributed by atoms with E-state index in [1.165, 1.54) is 0 Å². The Morgan fingerprint density at radius 3 is 1.48 bits per heavy atom. The Hall–Kier alpha value is -2.62. The second-order valence-electron chi connectivity index (χ2n) is 10.5. The first kappa shape index (κ1) is 39.4. The topological polar surface area (TPSA) is 253 Å². The Labute approximate surface area is 258 Å². The summed E-state index contributed by atoms with van der Waals surface area (Å²) in [6, 6.07) is -1.46. The van der Waals surface area contributed by atoms with Crippen LogP contribution >= 0.6 is 10.9 Å². The van der Waals surface area contributed by atoms with Gasteiger partial charge < -0.3 is 44.3 Å². The molecule has 1 fully saturated rings. The molecule has 0 bridgehead atoms. The quantitative estimate of drug-likeness (QED) is 0.0750. The first-order valence-corrected chi connectivity index (χ1v) is 16.0. The van der Waals surface area contributed by atoms with Crippen LogP contribution in [0.15, 0.2) is 0 Å². The minimum Gasteiger partial charge on any atom is -0.480 e. The molecule has 0 saturated carbocycles. The summed E-state index contributed by atoms with van der Waals surface area (Å²) in [5, 5.41) is 33.0.